The van der Waals surface area contributed by atoms with Gasteiger partial charge in [-0.2, -0.15) is 0 Å². The number of amides is 1. The van der Waals surface area contributed by atoms with Crippen LogP contribution in [0.5, 0.6) is 0 Å². The molecule has 3 rings (SSSR count). The van der Waals surface area contributed by atoms with E-state index in [1.807, 2.05) is 0 Å². The van der Waals surface area contributed by atoms with Gasteiger partial charge in [0.05, 0.1) is 5.56 Å². The summed E-state index contributed by atoms with van der Waals surface area (Å²) in [6.45, 7) is 6.99. The first-order valence-electron chi connectivity index (χ1n) is 7.35. The van der Waals surface area contributed by atoms with Gasteiger partial charge in [0.25, 0.3) is 5.91 Å². The van der Waals surface area contributed by atoms with Gasteiger partial charge in [-0.1, -0.05) is 20.8 Å². The molecule has 0 spiro atoms. The first-order valence-corrected chi connectivity index (χ1v) is 8.23. The zero-order valence-corrected chi connectivity index (χ0v) is 12.9. The van der Waals surface area contributed by atoms with Gasteiger partial charge in [-0.25, -0.2) is 0 Å². The monoisotopic (exact) mass is 277 g/mol. The lowest BCUT2D eigenvalue weighted by Crippen LogP contribution is -2.29. The number of rotatable bonds is 2. The van der Waals surface area contributed by atoms with Crippen molar-refractivity contribution in [2.45, 2.75) is 58.9 Å². The molecule has 1 saturated carbocycles. The van der Waals surface area contributed by atoms with Gasteiger partial charge in [0.1, 0.15) is 0 Å². The summed E-state index contributed by atoms with van der Waals surface area (Å²) in [5.74, 6) is 0.909. The summed E-state index contributed by atoms with van der Waals surface area (Å²) in [7, 11) is 0. The van der Waals surface area contributed by atoms with E-state index in [9.17, 15) is 4.79 Å². The Morgan fingerprint density at radius 3 is 2.68 bits per heavy atom. The number of carbonyl (C=O) groups excluding carboxylic acids is 1. The van der Waals surface area contributed by atoms with Crippen molar-refractivity contribution in [1.29, 1.82) is 0 Å². The maximum Gasteiger partial charge on any atom is 0.252 e. The number of carbonyl (C=O) groups is 1. The summed E-state index contributed by atoms with van der Waals surface area (Å²) >= 11 is 1.79. The topological polar surface area (TPSA) is 29.1 Å². The fraction of sp³-hybridized carbons (Fsp3) is 0.688. The smallest absolute Gasteiger partial charge is 0.252 e. The largest absolute Gasteiger partial charge is 0.349 e. The fourth-order valence-corrected chi connectivity index (χ4v) is 4.09. The second kappa shape index (κ2) is 4.62. The summed E-state index contributed by atoms with van der Waals surface area (Å²) < 4.78 is 0. The van der Waals surface area contributed by atoms with Gasteiger partial charge >= 0.3 is 0 Å². The number of fused-ring (bicyclic) bond motifs is 1. The van der Waals surface area contributed by atoms with Crippen LogP contribution in [-0.4, -0.2) is 11.9 Å². The lowest BCUT2D eigenvalue weighted by Gasteiger charge is -2.34. The van der Waals surface area contributed by atoms with Crippen molar-refractivity contribution >= 4 is 17.2 Å². The van der Waals surface area contributed by atoms with Crippen molar-refractivity contribution in [3.63, 3.8) is 0 Å². The van der Waals surface area contributed by atoms with Gasteiger partial charge in [0, 0.05) is 16.3 Å². The molecule has 1 atom stereocenters. The Labute approximate surface area is 119 Å². The Bertz CT molecular complexity index is 493. The molecular weight excluding hydrogens is 254 g/mol. The molecule has 0 saturated heterocycles. The van der Waals surface area contributed by atoms with E-state index in [2.05, 4.69) is 31.5 Å². The van der Waals surface area contributed by atoms with Crippen molar-refractivity contribution in [2.24, 2.45) is 11.3 Å². The molecular formula is C16H23NOS. The quantitative estimate of drug-likeness (QED) is 0.875. The second-order valence-corrected chi connectivity index (χ2v) is 8.07. The third-order valence-electron chi connectivity index (χ3n) is 4.54. The van der Waals surface area contributed by atoms with Crippen LogP contribution in [-0.2, 0) is 12.8 Å². The van der Waals surface area contributed by atoms with Crippen molar-refractivity contribution in [1.82, 2.24) is 5.32 Å². The molecule has 2 aliphatic carbocycles. The van der Waals surface area contributed by atoms with E-state index in [1.165, 1.54) is 16.9 Å². The molecule has 1 heterocycles. The molecule has 0 radical (unpaired) electrons. The van der Waals surface area contributed by atoms with Gasteiger partial charge in [0.2, 0.25) is 0 Å². The lowest BCUT2D eigenvalue weighted by molar-refractivity contribution is 0.0950. The van der Waals surface area contributed by atoms with Crippen molar-refractivity contribution in [2.75, 3.05) is 0 Å². The van der Waals surface area contributed by atoms with Crippen LogP contribution >= 0.6 is 11.3 Å². The molecule has 1 aromatic heterocycles. The normalized spacial score (nSPS) is 23.0. The number of thiophene rings is 1. The van der Waals surface area contributed by atoms with Gasteiger partial charge in [-0.15, -0.1) is 11.3 Å². The van der Waals surface area contributed by atoms with Gasteiger partial charge in [0.15, 0.2) is 0 Å². The van der Waals surface area contributed by atoms with Crippen LogP contribution in [0.2, 0.25) is 0 Å². The van der Waals surface area contributed by atoms with E-state index in [-0.39, 0.29) is 5.91 Å². The van der Waals surface area contributed by atoms with E-state index in [1.54, 1.807) is 11.3 Å². The highest BCUT2D eigenvalue weighted by atomic mass is 32.1. The Hall–Kier alpha value is -0.830. The Kier molecular flexibility index (Phi) is 3.20. The minimum atomic E-state index is 0.161. The minimum absolute atomic E-state index is 0.161. The molecule has 1 amide bonds. The fourth-order valence-electron chi connectivity index (χ4n) is 2.93. The van der Waals surface area contributed by atoms with Crippen molar-refractivity contribution in [3.8, 4) is 0 Å². The third kappa shape index (κ3) is 2.71. The van der Waals surface area contributed by atoms with Crippen molar-refractivity contribution < 1.29 is 4.79 Å². The lowest BCUT2D eigenvalue weighted by atomic mass is 9.72. The molecule has 0 bridgehead atoms. The first kappa shape index (κ1) is 13.2. The summed E-state index contributed by atoms with van der Waals surface area (Å²) in [6.07, 6.45) is 5.76. The Morgan fingerprint density at radius 2 is 2.05 bits per heavy atom. The van der Waals surface area contributed by atoms with Crippen LogP contribution in [0.4, 0.5) is 0 Å². The van der Waals surface area contributed by atoms with Crippen molar-refractivity contribution in [3.05, 3.63) is 21.4 Å². The van der Waals surface area contributed by atoms with E-state index in [0.29, 0.717) is 11.5 Å². The molecule has 1 fully saturated rings. The van der Waals surface area contributed by atoms with Gasteiger partial charge < -0.3 is 5.32 Å². The molecule has 3 heteroatoms. The molecule has 104 valence electrons. The maximum absolute atomic E-state index is 12.2. The molecule has 2 nitrogen and oxygen atoms in total. The summed E-state index contributed by atoms with van der Waals surface area (Å²) in [6, 6.07) is 0.453. The summed E-state index contributed by atoms with van der Waals surface area (Å²) in [4.78, 5) is 13.7. The Morgan fingerprint density at radius 1 is 1.32 bits per heavy atom. The third-order valence-corrected chi connectivity index (χ3v) is 5.59. The first-order chi connectivity index (χ1) is 8.95. The second-order valence-electron chi connectivity index (χ2n) is 7.10. The van der Waals surface area contributed by atoms with E-state index in [0.717, 1.165) is 37.2 Å². The predicted octanol–water partition coefficient (Wildman–Crippen LogP) is 3.79. The Balaban J connectivity index is 1.77. The van der Waals surface area contributed by atoms with Crippen LogP contribution in [0, 0.1) is 11.3 Å². The van der Waals surface area contributed by atoms with Crippen LogP contribution in [0.15, 0.2) is 5.38 Å². The standard InChI is InChI=1S/C16H23NOS/c1-16(2,3)10-4-7-12-13(9-19-14(12)8-10)15(18)17-11-5-6-11/h9-11H,4-8H2,1-3H3,(H,17,18). The zero-order chi connectivity index (χ0) is 13.6. The van der Waals surface area contributed by atoms with Gasteiger partial charge in [-0.3, -0.25) is 4.79 Å². The van der Waals surface area contributed by atoms with Crippen LogP contribution in [0.3, 0.4) is 0 Å². The SMILES string of the molecule is CC(C)(C)C1CCc2c(C(=O)NC3CC3)csc2C1. The molecule has 0 aromatic carbocycles. The molecule has 1 unspecified atom stereocenters. The molecule has 1 aromatic rings. The predicted molar refractivity (Wildman–Crippen MR) is 79.8 cm³/mol. The summed E-state index contributed by atoms with van der Waals surface area (Å²) in [5.41, 5.74) is 2.67. The van der Waals surface area contributed by atoms with Crippen LogP contribution in [0.25, 0.3) is 0 Å². The highest BCUT2D eigenvalue weighted by molar-refractivity contribution is 7.10. The maximum atomic E-state index is 12.2. The molecule has 1 N–H and O–H groups in total. The number of hydrogen-bond acceptors (Lipinski definition) is 2. The van der Waals surface area contributed by atoms with E-state index >= 15 is 0 Å². The zero-order valence-electron chi connectivity index (χ0n) is 12.1. The average molecular weight is 277 g/mol. The highest BCUT2D eigenvalue weighted by Gasteiger charge is 2.32. The highest BCUT2D eigenvalue weighted by Crippen LogP contribution is 2.40. The van der Waals surface area contributed by atoms with Crippen LogP contribution < -0.4 is 5.32 Å². The average Bonchev–Trinajstić information content (AvgIpc) is 3.04. The molecule has 0 aliphatic heterocycles. The minimum Gasteiger partial charge on any atom is -0.349 e. The van der Waals surface area contributed by atoms with Crippen LogP contribution in [0.1, 0.15) is 60.8 Å². The van der Waals surface area contributed by atoms with Gasteiger partial charge in [-0.05, 0) is 49.0 Å². The van der Waals surface area contributed by atoms with E-state index in [4.69, 9.17) is 0 Å². The number of nitrogens with one attached hydrogen (secondary N) is 1. The van der Waals surface area contributed by atoms with E-state index < -0.39 is 0 Å². The number of hydrogen-bond donors (Lipinski definition) is 1. The summed E-state index contributed by atoms with van der Waals surface area (Å²) in [5, 5.41) is 5.19. The molecule has 19 heavy (non-hydrogen) atoms. The molecule has 2 aliphatic rings.